The highest BCUT2D eigenvalue weighted by Gasteiger charge is 2.35. The van der Waals surface area contributed by atoms with Crippen LogP contribution >= 0.6 is 0 Å². The van der Waals surface area contributed by atoms with Crippen LogP contribution < -0.4 is 10.2 Å². The van der Waals surface area contributed by atoms with Crippen LogP contribution in [0.3, 0.4) is 0 Å². The third kappa shape index (κ3) is 2.94. The number of methoxy groups -OCH3 is 1. The summed E-state index contributed by atoms with van der Waals surface area (Å²) in [7, 11) is 1.28. The highest BCUT2D eigenvalue weighted by atomic mass is 19.1. The van der Waals surface area contributed by atoms with Gasteiger partial charge in [-0.25, -0.2) is 9.18 Å². The number of fused-ring (bicyclic) bond motifs is 1. The minimum absolute atomic E-state index is 0.111. The van der Waals surface area contributed by atoms with Crippen molar-refractivity contribution in [2.75, 3.05) is 30.4 Å². The summed E-state index contributed by atoms with van der Waals surface area (Å²) < 4.78 is 19.7. The standard InChI is InChI=1S/C19H21FN4O3/c1-10-7-14(24-5-3-4-6-24)13(20)8-11(10)12-9-15(25)21-18-16(12)17(22-23-18)19(26)27-2/h7-8,12H,3-6,9H2,1-2H3,(H2,21,22,23,25). The zero-order valence-corrected chi connectivity index (χ0v) is 15.3. The van der Waals surface area contributed by atoms with Gasteiger partial charge in [0.25, 0.3) is 0 Å². The number of ether oxygens (including phenoxy) is 1. The average molecular weight is 372 g/mol. The number of carbonyl (C=O) groups excluding carboxylic acids is 2. The van der Waals surface area contributed by atoms with Crippen LogP contribution in [0, 0.1) is 12.7 Å². The molecule has 1 unspecified atom stereocenters. The van der Waals surface area contributed by atoms with Crippen molar-refractivity contribution in [3.63, 3.8) is 0 Å². The Balaban J connectivity index is 1.80. The van der Waals surface area contributed by atoms with Gasteiger partial charge in [-0.15, -0.1) is 0 Å². The molecule has 0 aliphatic carbocycles. The van der Waals surface area contributed by atoms with E-state index in [2.05, 4.69) is 15.5 Å². The van der Waals surface area contributed by atoms with E-state index >= 15 is 0 Å². The second-order valence-corrected chi connectivity index (χ2v) is 7.01. The molecule has 142 valence electrons. The second kappa shape index (κ2) is 6.68. The largest absolute Gasteiger partial charge is 0.464 e. The molecule has 1 amide bonds. The first-order chi connectivity index (χ1) is 13.0. The first-order valence-electron chi connectivity index (χ1n) is 9.01. The predicted molar refractivity (Wildman–Crippen MR) is 97.6 cm³/mol. The maximum absolute atomic E-state index is 14.9. The number of aromatic amines is 1. The molecular weight excluding hydrogens is 351 g/mol. The molecule has 2 aliphatic rings. The van der Waals surface area contributed by atoms with Crippen LogP contribution in [-0.2, 0) is 9.53 Å². The predicted octanol–water partition coefficient (Wildman–Crippen LogP) is 2.72. The number of carbonyl (C=O) groups is 2. The SMILES string of the molecule is COC(=O)c1[nH]nc2c1C(c1cc(F)c(N3CCCC3)cc1C)CC(=O)N2. The number of H-pyrrole nitrogens is 1. The molecule has 0 radical (unpaired) electrons. The number of halogens is 1. The maximum atomic E-state index is 14.9. The number of amides is 1. The molecule has 2 aliphatic heterocycles. The van der Waals surface area contributed by atoms with E-state index in [9.17, 15) is 14.0 Å². The number of nitrogens with zero attached hydrogens (tertiary/aromatic N) is 2. The van der Waals surface area contributed by atoms with Gasteiger partial charge in [-0.2, -0.15) is 5.10 Å². The van der Waals surface area contributed by atoms with E-state index in [1.807, 2.05) is 17.9 Å². The minimum Gasteiger partial charge on any atom is -0.464 e. The van der Waals surface area contributed by atoms with Crippen LogP contribution in [0.2, 0.25) is 0 Å². The molecule has 27 heavy (non-hydrogen) atoms. The Bertz CT molecular complexity index is 918. The number of hydrogen-bond donors (Lipinski definition) is 2. The van der Waals surface area contributed by atoms with Crippen molar-refractivity contribution in [3.05, 3.63) is 40.3 Å². The number of nitrogens with one attached hydrogen (secondary N) is 2. The Labute approximate surface area is 155 Å². The summed E-state index contributed by atoms with van der Waals surface area (Å²) in [4.78, 5) is 26.3. The zero-order chi connectivity index (χ0) is 19.1. The van der Waals surface area contributed by atoms with Crippen LogP contribution in [0.15, 0.2) is 12.1 Å². The number of aryl methyl sites for hydroxylation is 1. The van der Waals surface area contributed by atoms with E-state index < -0.39 is 11.9 Å². The molecule has 0 bridgehead atoms. The Morgan fingerprint density at radius 3 is 2.78 bits per heavy atom. The first kappa shape index (κ1) is 17.5. The molecule has 1 fully saturated rings. The Hall–Kier alpha value is -2.90. The third-order valence-electron chi connectivity index (χ3n) is 5.35. The van der Waals surface area contributed by atoms with E-state index in [0.29, 0.717) is 22.6 Å². The summed E-state index contributed by atoms with van der Waals surface area (Å²) in [6.07, 6.45) is 2.23. The van der Waals surface area contributed by atoms with Crippen LogP contribution in [-0.4, -0.2) is 42.3 Å². The van der Waals surface area contributed by atoms with Gasteiger partial charge in [-0.1, -0.05) is 0 Å². The molecule has 2 N–H and O–H groups in total. The van der Waals surface area contributed by atoms with Gasteiger partial charge in [-0.3, -0.25) is 9.89 Å². The van der Waals surface area contributed by atoms with E-state index in [0.717, 1.165) is 31.5 Å². The van der Waals surface area contributed by atoms with Gasteiger partial charge in [-0.05, 0) is 43.0 Å². The normalized spacial score (nSPS) is 19.0. The summed E-state index contributed by atoms with van der Waals surface area (Å²) in [5.41, 5.74) is 2.87. The van der Waals surface area contributed by atoms with E-state index in [4.69, 9.17) is 4.74 Å². The quantitative estimate of drug-likeness (QED) is 0.809. The molecule has 4 rings (SSSR count). The highest BCUT2D eigenvalue weighted by molar-refractivity contribution is 5.99. The van der Waals surface area contributed by atoms with Crippen molar-refractivity contribution in [2.24, 2.45) is 0 Å². The van der Waals surface area contributed by atoms with Gasteiger partial charge >= 0.3 is 5.97 Å². The second-order valence-electron chi connectivity index (χ2n) is 7.01. The monoisotopic (exact) mass is 372 g/mol. The molecule has 8 heteroatoms. The van der Waals surface area contributed by atoms with E-state index in [-0.39, 0.29) is 23.8 Å². The molecule has 1 atom stereocenters. The number of anilines is 2. The maximum Gasteiger partial charge on any atom is 0.356 e. The van der Waals surface area contributed by atoms with E-state index in [1.54, 1.807) is 0 Å². The summed E-state index contributed by atoms with van der Waals surface area (Å²) >= 11 is 0. The van der Waals surface area contributed by atoms with Crippen molar-refractivity contribution in [1.29, 1.82) is 0 Å². The number of rotatable bonds is 3. The van der Waals surface area contributed by atoms with Crippen molar-refractivity contribution < 1.29 is 18.7 Å². The Kier molecular flexibility index (Phi) is 4.33. The van der Waals surface area contributed by atoms with Crippen molar-refractivity contribution >= 4 is 23.4 Å². The number of aromatic nitrogens is 2. The summed E-state index contributed by atoms with van der Waals surface area (Å²) in [6, 6.07) is 3.32. The average Bonchev–Trinajstić information content (AvgIpc) is 3.31. The van der Waals surface area contributed by atoms with Crippen LogP contribution in [0.25, 0.3) is 0 Å². The number of esters is 1. The summed E-state index contributed by atoms with van der Waals surface area (Å²) in [5, 5.41) is 9.32. The fourth-order valence-electron chi connectivity index (χ4n) is 4.04. The lowest BCUT2D eigenvalue weighted by Gasteiger charge is -2.26. The molecule has 0 saturated carbocycles. The first-order valence-corrected chi connectivity index (χ1v) is 9.01. The van der Waals surface area contributed by atoms with Gasteiger partial charge in [0.1, 0.15) is 11.5 Å². The van der Waals surface area contributed by atoms with Crippen LogP contribution in [0.5, 0.6) is 0 Å². The molecule has 2 aromatic rings. The van der Waals surface area contributed by atoms with Crippen molar-refractivity contribution in [3.8, 4) is 0 Å². The lowest BCUT2D eigenvalue weighted by Crippen LogP contribution is -2.25. The Morgan fingerprint density at radius 1 is 1.33 bits per heavy atom. The van der Waals surface area contributed by atoms with Gasteiger partial charge < -0.3 is 15.0 Å². The lowest BCUT2D eigenvalue weighted by molar-refractivity contribution is -0.116. The lowest BCUT2D eigenvalue weighted by atomic mass is 9.83. The number of hydrogen-bond acceptors (Lipinski definition) is 5. The molecule has 1 saturated heterocycles. The molecule has 7 nitrogen and oxygen atoms in total. The Morgan fingerprint density at radius 2 is 2.07 bits per heavy atom. The van der Waals surface area contributed by atoms with Gasteiger partial charge in [0.15, 0.2) is 5.82 Å². The van der Waals surface area contributed by atoms with Gasteiger partial charge in [0.05, 0.1) is 12.8 Å². The molecule has 1 aromatic carbocycles. The summed E-state index contributed by atoms with van der Waals surface area (Å²) in [5.74, 6) is -1.28. The fraction of sp³-hybridized carbons (Fsp3) is 0.421. The molecule has 1 aromatic heterocycles. The number of benzene rings is 1. The smallest absolute Gasteiger partial charge is 0.356 e. The molecule has 0 spiro atoms. The summed E-state index contributed by atoms with van der Waals surface area (Å²) in [6.45, 7) is 3.60. The fourth-order valence-corrected chi connectivity index (χ4v) is 4.04. The molecule has 3 heterocycles. The van der Waals surface area contributed by atoms with Crippen molar-refractivity contribution in [2.45, 2.75) is 32.1 Å². The minimum atomic E-state index is -0.572. The zero-order valence-electron chi connectivity index (χ0n) is 15.3. The van der Waals surface area contributed by atoms with E-state index in [1.165, 1.54) is 13.2 Å². The van der Waals surface area contributed by atoms with Gasteiger partial charge in [0, 0.05) is 31.0 Å². The highest BCUT2D eigenvalue weighted by Crippen LogP contribution is 2.41. The van der Waals surface area contributed by atoms with Crippen molar-refractivity contribution in [1.82, 2.24) is 10.2 Å². The van der Waals surface area contributed by atoms with Gasteiger partial charge in [0.2, 0.25) is 5.91 Å². The topological polar surface area (TPSA) is 87.3 Å². The van der Waals surface area contributed by atoms with Crippen LogP contribution in [0.4, 0.5) is 15.9 Å². The third-order valence-corrected chi connectivity index (χ3v) is 5.35. The van der Waals surface area contributed by atoms with Crippen LogP contribution in [0.1, 0.15) is 52.4 Å². The molecular formula is C19H21FN4O3.